The molecule has 0 aliphatic rings. The van der Waals surface area contributed by atoms with Crippen molar-refractivity contribution >= 4 is 0 Å². The summed E-state index contributed by atoms with van der Waals surface area (Å²) in [5.41, 5.74) is 2.77. The van der Waals surface area contributed by atoms with Gasteiger partial charge in [0, 0.05) is 13.1 Å². The first-order valence-corrected chi connectivity index (χ1v) is 6.52. The molecule has 0 saturated carbocycles. The Balaban J connectivity index is 2.46. The van der Waals surface area contributed by atoms with Gasteiger partial charge in [-0.05, 0) is 44.1 Å². The van der Waals surface area contributed by atoms with Crippen LogP contribution in [0.2, 0.25) is 0 Å². The second-order valence-electron chi connectivity index (χ2n) is 5.27. The normalized spacial score (nSPS) is 11.4. The first kappa shape index (κ1) is 14.2. The molecule has 0 fully saturated rings. The highest BCUT2D eigenvalue weighted by molar-refractivity contribution is 5.23. The van der Waals surface area contributed by atoms with Crippen LogP contribution in [0.25, 0.3) is 0 Å². The molecular weight excluding hydrogens is 208 g/mol. The molecular formula is C15H26N2. The molecule has 0 aliphatic carbocycles. The Labute approximate surface area is 106 Å². The van der Waals surface area contributed by atoms with Gasteiger partial charge in [-0.3, -0.25) is 0 Å². The predicted octanol–water partition coefficient (Wildman–Crippen LogP) is 2.88. The van der Waals surface area contributed by atoms with E-state index >= 15 is 0 Å². The Morgan fingerprint density at radius 3 is 2.59 bits per heavy atom. The summed E-state index contributed by atoms with van der Waals surface area (Å²) in [4.78, 5) is 2.40. The predicted molar refractivity (Wildman–Crippen MR) is 75.0 cm³/mol. The fraction of sp³-hybridized carbons (Fsp3) is 0.600. The van der Waals surface area contributed by atoms with Crippen LogP contribution in [0.1, 0.15) is 31.4 Å². The highest BCUT2D eigenvalue weighted by atomic mass is 15.1. The SMILES string of the molecule is CNCc1cccc(CN(C)CCC(C)C)c1. The van der Waals surface area contributed by atoms with Crippen molar-refractivity contribution in [3.63, 3.8) is 0 Å². The summed E-state index contributed by atoms with van der Waals surface area (Å²) in [7, 11) is 4.19. The second-order valence-corrected chi connectivity index (χ2v) is 5.27. The minimum absolute atomic E-state index is 0.785. The molecule has 0 aliphatic heterocycles. The molecule has 17 heavy (non-hydrogen) atoms. The van der Waals surface area contributed by atoms with Crippen LogP contribution in [0, 0.1) is 5.92 Å². The van der Waals surface area contributed by atoms with Gasteiger partial charge in [0.15, 0.2) is 0 Å². The lowest BCUT2D eigenvalue weighted by atomic mass is 10.1. The van der Waals surface area contributed by atoms with E-state index in [0.29, 0.717) is 0 Å². The average Bonchev–Trinajstić information content (AvgIpc) is 2.27. The third kappa shape index (κ3) is 5.85. The zero-order chi connectivity index (χ0) is 12.7. The molecule has 0 unspecified atom stereocenters. The van der Waals surface area contributed by atoms with Crippen LogP contribution >= 0.6 is 0 Å². The van der Waals surface area contributed by atoms with Gasteiger partial charge in [0.1, 0.15) is 0 Å². The quantitative estimate of drug-likeness (QED) is 0.780. The standard InChI is InChI=1S/C15H26N2/c1-13(2)8-9-17(4)12-15-7-5-6-14(10-15)11-16-3/h5-7,10,13,16H,8-9,11-12H2,1-4H3. The Morgan fingerprint density at radius 1 is 1.24 bits per heavy atom. The third-order valence-electron chi connectivity index (χ3n) is 2.91. The topological polar surface area (TPSA) is 15.3 Å². The fourth-order valence-corrected chi connectivity index (χ4v) is 1.91. The molecule has 2 heteroatoms. The molecule has 0 atom stereocenters. The van der Waals surface area contributed by atoms with Gasteiger partial charge >= 0.3 is 0 Å². The van der Waals surface area contributed by atoms with E-state index in [2.05, 4.69) is 55.4 Å². The van der Waals surface area contributed by atoms with E-state index in [0.717, 1.165) is 19.0 Å². The average molecular weight is 234 g/mol. The first-order chi connectivity index (χ1) is 8.11. The monoisotopic (exact) mass is 234 g/mol. The summed E-state index contributed by atoms with van der Waals surface area (Å²) in [5, 5.41) is 3.19. The number of rotatable bonds is 7. The number of hydrogen-bond acceptors (Lipinski definition) is 2. The van der Waals surface area contributed by atoms with Crippen LogP contribution in [-0.2, 0) is 13.1 Å². The molecule has 0 spiro atoms. The molecule has 1 N–H and O–H groups in total. The van der Waals surface area contributed by atoms with Crippen molar-refractivity contribution in [2.75, 3.05) is 20.6 Å². The van der Waals surface area contributed by atoms with Crippen molar-refractivity contribution in [3.05, 3.63) is 35.4 Å². The lowest BCUT2D eigenvalue weighted by Crippen LogP contribution is -2.20. The van der Waals surface area contributed by atoms with E-state index in [9.17, 15) is 0 Å². The molecule has 1 aromatic rings. The van der Waals surface area contributed by atoms with Crippen LogP contribution < -0.4 is 5.32 Å². The van der Waals surface area contributed by atoms with Crippen molar-refractivity contribution in [2.24, 2.45) is 5.92 Å². The van der Waals surface area contributed by atoms with Gasteiger partial charge in [-0.25, -0.2) is 0 Å². The highest BCUT2D eigenvalue weighted by Gasteiger charge is 2.02. The third-order valence-corrected chi connectivity index (χ3v) is 2.91. The second kappa shape index (κ2) is 7.46. The molecule has 0 saturated heterocycles. The van der Waals surface area contributed by atoms with E-state index in [4.69, 9.17) is 0 Å². The molecule has 96 valence electrons. The lowest BCUT2D eigenvalue weighted by Gasteiger charge is -2.18. The van der Waals surface area contributed by atoms with Gasteiger partial charge < -0.3 is 10.2 Å². The maximum absolute atomic E-state index is 3.19. The maximum Gasteiger partial charge on any atom is 0.0230 e. The summed E-state index contributed by atoms with van der Waals surface area (Å²) in [6.07, 6.45) is 1.27. The Hall–Kier alpha value is -0.860. The zero-order valence-corrected chi connectivity index (χ0v) is 11.7. The summed E-state index contributed by atoms with van der Waals surface area (Å²) < 4.78 is 0. The molecule has 1 aromatic carbocycles. The molecule has 0 heterocycles. The van der Waals surface area contributed by atoms with E-state index in [1.165, 1.54) is 24.1 Å². The lowest BCUT2D eigenvalue weighted by molar-refractivity contribution is 0.303. The zero-order valence-electron chi connectivity index (χ0n) is 11.7. The van der Waals surface area contributed by atoms with E-state index in [-0.39, 0.29) is 0 Å². The van der Waals surface area contributed by atoms with Gasteiger partial charge in [0.25, 0.3) is 0 Å². The number of nitrogens with zero attached hydrogens (tertiary/aromatic N) is 1. The number of benzene rings is 1. The van der Waals surface area contributed by atoms with Crippen LogP contribution in [-0.4, -0.2) is 25.5 Å². The molecule has 0 bridgehead atoms. The summed E-state index contributed by atoms with van der Waals surface area (Å²) in [6.45, 7) is 7.73. The summed E-state index contributed by atoms with van der Waals surface area (Å²) >= 11 is 0. The minimum Gasteiger partial charge on any atom is -0.316 e. The van der Waals surface area contributed by atoms with Crippen molar-refractivity contribution < 1.29 is 0 Å². The van der Waals surface area contributed by atoms with E-state index in [1.807, 2.05) is 7.05 Å². The van der Waals surface area contributed by atoms with E-state index in [1.54, 1.807) is 0 Å². The van der Waals surface area contributed by atoms with Gasteiger partial charge in [0.2, 0.25) is 0 Å². The fourth-order valence-electron chi connectivity index (χ4n) is 1.91. The van der Waals surface area contributed by atoms with Crippen LogP contribution in [0.4, 0.5) is 0 Å². The van der Waals surface area contributed by atoms with Crippen molar-refractivity contribution in [1.29, 1.82) is 0 Å². The summed E-state index contributed by atoms with van der Waals surface area (Å²) in [6, 6.07) is 8.83. The summed E-state index contributed by atoms with van der Waals surface area (Å²) in [5.74, 6) is 0.785. The van der Waals surface area contributed by atoms with Crippen molar-refractivity contribution in [1.82, 2.24) is 10.2 Å². The number of nitrogens with one attached hydrogen (secondary N) is 1. The van der Waals surface area contributed by atoms with Crippen molar-refractivity contribution in [2.45, 2.75) is 33.4 Å². The maximum atomic E-state index is 3.19. The molecule has 2 nitrogen and oxygen atoms in total. The number of hydrogen-bond donors (Lipinski definition) is 1. The van der Waals surface area contributed by atoms with E-state index < -0.39 is 0 Å². The minimum atomic E-state index is 0.785. The Bertz CT molecular complexity index is 320. The highest BCUT2D eigenvalue weighted by Crippen LogP contribution is 2.09. The molecule has 1 rings (SSSR count). The van der Waals surface area contributed by atoms with Crippen LogP contribution in [0.15, 0.2) is 24.3 Å². The Kier molecular flexibility index (Phi) is 6.23. The van der Waals surface area contributed by atoms with Crippen LogP contribution in [0.3, 0.4) is 0 Å². The van der Waals surface area contributed by atoms with Gasteiger partial charge in [-0.2, -0.15) is 0 Å². The Morgan fingerprint density at radius 2 is 1.94 bits per heavy atom. The smallest absolute Gasteiger partial charge is 0.0230 e. The van der Waals surface area contributed by atoms with Gasteiger partial charge in [0.05, 0.1) is 0 Å². The van der Waals surface area contributed by atoms with Gasteiger partial charge in [-0.15, -0.1) is 0 Å². The van der Waals surface area contributed by atoms with Gasteiger partial charge in [-0.1, -0.05) is 38.1 Å². The first-order valence-electron chi connectivity index (χ1n) is 6.52. The molecule has 0 amide bonds. The molecule has 0 radical (unpaired) electrons. The largest absolute Gasteiger partial charge is 0.316 e. The van der Waals surface area contributed by atoms with Crippen molar-refractivity contribution in [3.8, 4) is 0 Å². The molecule has 0 aromatic heterocycles. The van der Waals surface area contributed by atoms with Crippen LogP contribution in [0.5, 0.6) is 0 Å².